The van der Waals surface area contributed by atoms with Crippen molar-refractivity contribution in [2.45, 2.75) is 38.6 Å². The lowest BCUT2D eigenvalue weighted by molar-refractivity contribution is -0.135. The summed E-state index contributed by atoms with van der Waals surface area (Å²) in [6.07, 6.45) is 0.860. The number of carbonyl (C=O) groups is 1. The van der Waals surface area contributed by atoms with Crippen LogP contribution in [0.1, 0.15) is 38.7 Å². The summed E-state index contributed by atoms with van der Waals surface area (Å²) in [5, 5.41) is 9.02. The SMILES string of the molecule is CC1CC(C)(C)N(CC(=O)O)c2cc(F)ccc21. The number of nitrogens with zero attached hydrogens (tertiary/aromatic N) is 1. The molecular weight excluding hydrogens is 233 g/mol. The molecule has 1 aromatic rings. The van der Waals surface area contributed by atoms with E-state index in [0.717, 1.165) is 12.0 Å². The molecule has 1 unspecified atom stereocenters. The molecule has 0 aromatic heterocycles. The van der Waals surface area contributed by atoms with Gasteiger partial charge in [0.25, 0.3) is 0 Å². The van der Waals surface area contributed by atoms with Crippen molar-refractivity contribution in [3.63, 3.8) is 0 Å². The maximum atomic E-state index is 13.4. The standard InChI is InChI=1S/C14H18FNO2/c1-9-7-14(2,3)16(8-13(17)18)12-6-10(15)4-5-11(9)12/h4-6,9H,7-8H2,1-3H3,(H,17,18). The molecule has 1 aliphatic heterocycles. The summed E-state index contributed by atoms with van der Waals surface area (Å²) in [6.45, 7) is 5.99. The molecule has 0 bridgehead atoms. The highest BCUT2D eigenvalue weighted by Crippen LogP contribution is 2.43. The van der Waals surface area contributed by atoms with Crippen LogP contribution in [0.3, 0.4) is 0 Å². The molecule has 1 aliphatic rings. The molecule has 0 amide bonds. The lowest BCUT2D eigenvalue weighted by Gasteiger charge is -2.46. The molecule has 0 radical (unpaired) electrons. The summed E-state index contributed by atoms with van der Waals surface area (Å²) in [6, 6.07) is 4.64. The molecule has 0 saturated carbocycles. The number of benzene rings is 1. The first-order valence-corrected chi connectivity index (χ1v) is 6.10. The number of aliphatic carboxylic acids is 1. The summed E-state index contributed by atoms with van der Waals surface area (Å²) >= 11 is 0. The second kappa shape index (κ2) is 4.26. The Morgan fingerprint density at radius 3 is 2.83 bits per heavy atom. The van der Waals surface area contributed by atoms with Crippen LogP contribution in [0.4, 0.5) is 10.1 Å². The second-order valence-corrected chi connectivity index (χ2v) is 5.60. The third-order valence-corrected chi connectivity index (χ3v) is 3.64. The number of carboxylic acids is 1. The van der Waals surface area contributed by atoms with E-state index in [1.807, 2.05) is 13.8 Å². The van der Waals surface area contributed by atoms with Crippen LogP contribution in [-0.4, -0.2) is 23.2 Å². The first-order chi connectivity index (χ1) is 8.31. The van der Waals surface area contributed by atoms with E-state index >= 15 is 0 Å². The van der Waals surface area contributed by atoms with Gasteiger partial charge in [0.15, 0.2) is 0 Å². The lowest BCUT2D eigenvalue weighted by atomic mass is 9.80. The van der Waals surface area contributed by atoms with Gasteiger partial charge < -0.3 is 10.0 Å². The second-order valence-electron chi connectivity index (χ2n) is 5.60. The molecule has 98 valence electrons. The number of hydrogen-bond acceptors (Lipinski definition) is 2. The molecule has 0 spiro atoms. The van der Waals surface area contributed by atoms with Crippen molar-refractivity contribution in [1.29, 1.82) is 0 Å². The van der Waals surface area contributed by atoms with Gasteiger partial charge in [-0.05, 0) is 43.9 Å². The van der Waals surface area contributed by atoms with Crippen LogP contribution in [0.15, 0.2) is 18.2 Å². The fourth-order valence-corrected chi connectivity index (χ4v) is 2.90. The van der Waals surface area contributed by atoms with Gasteiger partial charge in [0.1, 0.15) is 12.4 Å². The van der Waals surface area contributed by atoms with E-state index in [2.05, 4.69) is 6.92 Å². The topological polar surface area (TPSA) is 40.5 Å². The number of fused-ring (bicyclic) bond motifs is 1. The highest BCUT2D eigenvalue weighted by atomic mass is 19.1. The summed E-state index contributed by atoms with van der Waals surface area (Å²) in [5.74, 6) is -0.914. The fourth-order valence-electron chi connectivity index (χ4n) is 2.90. The van der Waals surface area contributed by atoms with Crippen molar-refractivity contribution < 1.29 is 14.3 Å². The van der Waals surface area contributed by atoms with Crippen LogP contribution < -0.4 is 4.90 Å². The predicted octanol–water partition coefficient (Wildman–Crippen LogP) is 3.00. The lowest BCUT2D eigenvalue weighted by Crippen LogP contribution is -2.50. The molecule has 0 aliphatic carbocycles. The van der Waals surface area contributed by atoms with Gasteiger partial charge in [-0.15, -0.1) is 0 Å². The van der Waals surface area contributed by atoms with Gasteiger partial charge in [0.05, 0.1) is 0 Å². The minimum absolute atomic E-state index is 0.101. The summed E-state index contributed by atoms with van der Waals surface area (Å²) in [5.41, 5.74) is 1.46. The molecule has 3 nitrogen and oxygen atoms in total. The molecule has 1 aromatic carbocycles. The zero-order valence-electron chi connectivity index (χ0n) is 10.9. The molecular formula is C14H18FNO2. The number of carboxylic acid groups (broad SMARTS) is 1. The monoisotopic (exact) mass is 251 g/mol. The smallest absolute Gasteiger partial charge is 0.323 e. The third kappa shape index (κ3) is 2.19. The Kier molecular flexibility index (Phi) is 3.05. The predicted molar refractivity (Wildman–Crippen MR) is 68.5 cm³/mol. The van der Waals surface area contributed by atoms with Crippen LogP contribution in [0.25, 0.3) is 0 Å². The molecule has 18 heavy (non-hydrogen) atoms. The number of anilines is 1. The van der Waals surface area contributed by atoms with Gasteiger partial charge in [-0.25, -0.2) is 4.39 Å². The van der Waals surface area contributed by atoms with Crippen molar-refractivity contribution in [3.8, 4) is 0 Å². The largest absolute Gasteiger partial charge is 0.480 e. The van der Waals surface area contributed by atoms with Crippen LogP contribution in [0.2, 0.25) is 0 Å². The van der Waals surface area contributed by atoms with E-state index in [-0.39, 0.29) is 17.9 Å². The minimum Gasteiger partial charge on any atom is -0.480 e. The summed E-state index contributed by atoms with van der Waals surface area (Å²) < 4.78 is 13.4. The minimum atomic E-state index is -0.896. The first kappa shape index (κ1) is 12.9. The number of hydrogen-bond donors (Lipinski definition) is 1. The fraction of sp³-hybridized carbons (Fsp3) is 0.500. The summed E-state index contributed by atoms with van der Waals surface area (Å²) in [4.78, 5) is 12.8. The number of rotatable bonds is 2. The van der Waals surface area contributed by atoms with Gasteiger partial charge in [-0.3, -0.25) is 4.79 Å². The molecule has 0 saturated heterocycles. The maximum Gasteiger partial charge on any atom is 0.323 e. The molecule has 1 heterocycles. The Morgan fingerprint density at radius 1 is 1.56 bits per heavy atom. The van der Waals surface area contributed by atoms with E-state index in [9.17, 15) is 9.18 Å². The van der Waals surface area contributed by atoms with E-state index in [4.69, 9.17) is 5.11 Å². The van der Waals surface area contributed by atoms with Crippen LogP contribution in [-0.2, 0) is 4.79 Å². The van der Waals surface area contributed by atoms with Crippen LogP contribution >= 0.6 is 0 Å². The molecule has 2 rings (SSSR count). The van der Waals surface area contributed by atoms with Gasteiger partial charge in [-0.2, -0.15) is 0 Å². The average Bonchev–Trinajstić information content (AvgIpc) is 2.23. The summed E-state index contributed by atoms with van der Waals surface area (Å²) in [7, 11) is 0. The van der Waals surface area contributed by atoms with Gasteiger partial charge in [-0.1, -0.05) is 13.0 Å². The van der Waals surface area contributed by atoms with E-state index in [1.165, 1.54) is 12.1 Å². The highest BCUT2D eigenvalue weighted by Gasteiger charge is 2.37. The first-order valence-electron chi connectivity index (χ1n) is 6.10. The van der Waals surface area contributed by atoms with E-state index < -0.39 is 5.97 Å². The molecule has 1 N–H and O–H groups in total. The Hall–Kier alpha value is -1.58. The zero-order chi connectivity index (χ0) is 13.5. The van der Waals surface area contributed by atoms with Gasteiger partial charge in [0, 0.05) is 11.2 Å². The van der Waals surface area contributed by atoms with E-state index in [0.29, 0.717) is 11.6 Å². The van der Waals surface area contributed by atoms with E-state index in [1.54, 1.807) is 11.0 Å². The molecule has 4 heteroatoms. The molecule has 1 atom stereocenters. The van der Waals surface area contributed by atoms with Crippen molar-refractivity contribution in [2.75, 3.05) is 11.4 Å². The average molecular weight is 251 g/mol. The Balaban J connectivity index is 2.52. The Labute approximate surface area is 106 Å². The normalized spacial score (nSPS) is 21.6. The number of halogens is 1. The van der Waals surface area contributed by atoms with Crippen molar-refractivity contribution in [2.24, 2.45) is 0 Å². The van der Waals surface area contributed by atoms with Gasteiger partial charge >= 0.3 is 5.97 Å². The van der Waals surface area contributed by atoms with Crippen molar-refractivity contribution >= 4 is 11.7 Å². The Bertz CT molecular complexity index is 485. The van der Waals surface area contributed by atoms with Crippen LogP contribution in [0.5, 0.6) is 0 Å². The quantitative estimate of drug-likeness (QED) is 0.878. The van der Waals surface area contributed by atoms with Crippen molar-refractivity contribution in [1.82, 2.24) is 0 Å². The Morgan fingerprint density at radius 2 is 2.22 bits per heavy atom. The maximum absolute atomic E-state index is 13.4. The van der Waals surface area contributed by atoms with Gasteiger partial charge in [0.2, 0.25) is 0 Å². The highest BCUT2D eigenvalue weighted by molar-refractivity contribution is 5.76. The zero-order valence-corrected chi connectivity index (χ0v) is 10.9. The molecule has 0 fully saturated rings. The van der Waals surface area contributed by atoms with Crippen molar-refractivity contribution in [3.05, 3.63) is 29.6 Å². The van der Waals surface area contributed by atoms with Crippen LogP contribution in [0, 0.1) is 5.82 Å². The third-order valence-electron chi connectivity index (χ3n) is 3.64.